The number of aromatic nitrogens is 3. The molecule has 1 amide bonds. The van der Waals surface area contributed by atoms with Gasteiger partial charge in [-0.2, -0.15) is 18.2 Å². The molecule has 0 spiro atoms. The molecule has 5 nitrogen and oxygen atoms in total. The SMILES string of the molecule is Cc1ccc(SCC(=O)Nc2n[nH]c(C(F)(F)F)n2)cc1. The van der Waals surface area contributed by atoms with Gasteiger partial charge in [-0.15, -0.1) is 16.9 Å². The molecule has 0 aliphatic carbocycles. The van der Waals surface area contributed by atoms with Crippen molar-refractivity contribution in [2.75, 3.05) is 11.1 Å². The second-order valence-corrected chi connectivity index (χ2v) is 5.20. The van der Waals surface area contributed by atoms with Crippen LogP contribution in [0.5, 0.6) is 0 Å². The summed E-state index contributed by atoms with van der Waals surface area (Å²) in [5.41, 5.74) is 1.10. The molecule has 1 heterocycles. The number of carbonyl (C=O) groups is 1. The number of alkyl halides is 3. The minimum atomic E-state index is -4.62. The summed E-state index contributed by atoms with van der Waals surface area (Å²) in [6.07, 6.45) is -4.62. The standard InChI is InChI=1S/C12H11F3N4OS/c1-7-2-4-8(5-3-7)21-6-9(20)16-11-17-10(18-19-11)12(13,14)15/h2-5H,6H2,1H3,(H2,16,17,18,19,20). The van der Waals surface area contributed by atoms with Crippen molar-refractivity contribution in [2.45, 2.75) is 18.0 Å². The highest BCUT2D eigenvalue weighted by Gasteiger charge is 2.35. The number of nitrogens with zero attached hydrogens (tertiary/aromatic N) is 2. The number of hydrogen-bond acceptors (Lipinski definition) is 4. The molecule has 0 unspecified atom stereocenters. The zero-order chi connectivity index (χ0) is 15.5. The Hall–Kier alpha value is -2.03. The number of rotatable bonds is 4. The Labute approximate surface area is 122 Å². The molecule has 1 aromatic carbocycles. The molecule has 0 aliphatic rings. The smallest absolute Gasteiger partial charge is 0.292 e. The molecule has 0 atom stereocenters. The number of halogens is 3. The molecule has 9 heteroatoms. The van der Waals surface area contributed by atoms with Gasteiger partial charge in [-0.25, -0.2) is 0 Å². The number of carbonyl (C=O) groups excluding carboxylic acids is 1. The summed E-state index contributed by atoms with van der Waals surface area (Å²) < 4.78 is 36.9. The van der Waals surface area contributed by atoms with Crippen LogP contribution in [0.1, 0.15) is 11.4 Å². The Balaban J connectivity index is 1.87. The van der Waals surface area contributed by atoms with E-state index >= 15 is 0 Å². The zero-order valence-electron chi connectivity index (χ0n) is 10.9. The quantitative estimate of drug-likeness (QED) is 0.851. The van der Waals surface area contributed by atoms with Gasteiger partial charge in [0.1, 0.15) is 0 Å². The van der Waals surface area contributed by atoms with Crippen LogP contribution < -0.4 is 5.32 Å². The molecule has 2 N–H and O–H groups in total. The molecule has 0 saturated carbocycles. The van der Waals surface area contributed by atoms with Crippen LogP contribution >= 0.6 is 11.8 Å². The van der Waals surface area contributed by atoms with Gasteiger partial charge in [-0.1, -0.05) is 17.7 Å². The summed E-state index contributed by atoms with van der Waals surface area (Å²) >= 11 is 1.27. The Morgan fingerprint density at radius 1 is 1.33 bits per heavy atom. The van der Waals surface area contributed by atoms with E-state index in [9.17, 15) is 18.0 Å². The average Bonchev–Trinajstić information content (AvgIpc) is 2.86. The van der Waals surface area contributed by atoms with E-state index in [1.54, 1.807) is 5.10 Å². The van der Waals surface area contributed by atoms with Crippen molar-refractivity contribution in [3.05, 3.63) is 35.7 Å². The van der Waals surface area contributed by atoms with Gasteiger partial charge in [0.25, 0.3) is 0 Å². The zero-order valence-corrected chi connectivity index (χ0v) is 11.7. The second-order valence-electron chi connectivity index (χ2n) is 4.16. The van der Waals surface area contributed by atoms with Gasteiger partial charge in [0.05, 0.1) is 5.75 Å². The van der Waals surface area contributed by atoms with E-state index in [-0.39, 0.29) is 5.75 Å². The summed E-state index contributed by atoms with van der Waals surface area (Å²) in [7, 11) is 0. The molecule has 0 radical (unpaired) electrons. The van der Waals surface area contributed by atoms with Crippen LogP contribution in [0.15, 0.2) is 29.2 Å². The van der Waals surface area contributed by atoms with Gasteiger partial charge in [0, 0.05) is 4.90 Å². The van der Waals surface area contributed by atoms with E-state index in [2.05, 4.69) is 15.4 Å². The topological polar surface area (TPSA) is 70.7 Å². The molecule has 0 aliphatic heterocycles. The van der Waals surface area contributed by atoms with Crippen molar-refractivity contribution in [3.8, 4) is 0 Å². The lowest BCUT2D eigenvalue weighted by Gasteiger charge is -2.02. The van der Waals surface area contributed by atoms with E-state index in [1.165, 1.54) is 11.8 Å². The van der Waals surface area contributed by atoms with Gasteiger partial charge in [0.2, 0.25) is 17.7 Å². The largest absolute Gasteiger partial charge is 0.451 e. The number of thioether (sulfide) groups is 1. The molecule has 2 rings (SSSR count). The van der Waals surface area contributed by atoms with E-state index in [4.69, 9.17) is 0 Å². The van der Waals surface area contributed by atoms with Crippen molar-refractivity contribution >= 4 is 23.6 Å². The van der Waals surface area contributed by atoms with E-state index < -0.39 is 23.9 Å². The number of benzene rings is 1. The third-order valence-corrected chi connectivity index (χ3v) is 3.41. The summed E-state index contributed by atoms with van der Waals surface area (Å²) in [6.45, 7) is 1.95. The van der Waals surface area contributed by atoms with Crippen LogP contribution in [0.2, 0.25) is 0 Å². The molecule has 0 fully saturated rings. The Morgan fingerprint density at radius 2 is 2.00 bits per heavy atom. The maximum absolute atomic E-state index is 12.3. The lowest BCUT2D eigenvalue weighted by Crippen LogP contribution is -2.15. The normalized spacial score (nSPS) is 11.4. The van der Waals surface area contributed by atoms with Crippen molar-refractivity contribution in [2.24, 2.45) is 0 Å². The number of aryl methyl sites for hydroxylation is 1. The molecule has 0 saturated heterocycles. The molecule has 2 aromatic rings. The Bertz CT molecular complexity index is 624. The van der Waals surface area contributed by atoms with Crippen molar-refractivity contribution in [1.82, 2.24) is 15.2 Å². The predicted octanol–water partition coefficient (Wildman–Crippen LogP) is 2.86. The summed E-state index contributed by atoms with van der Waals surface area (Å²) in [5, 5.41) is 7.22. The lowest BCUT2D eigenvalue weighted by atomic mass is 10.2. The first kappa shape index (κ1) is 15.4. The molecule has 21 heavy (non-hydrogen) atoms. The fourth-order valence-electron chi connectivity index (χ4n) is 1.39. The van der Waals surface area contributed by atoms with Crippen LogP contribution in [0.3, 0.4) is 0 Å². The van der Waals surface area contributed by atoms with Crippen LogP contribution in [0.25, 0.3) is 0 Å². The third-order valence-electron chi connectivity index (χ3n) is 2.40. The minimum absolute atomic E-state index is 0.0545. The molecule has 0 bridgehead atoms. The van der Waals surface area contributed by atoms with Crippen molar-refractivity contribution < 1.29 is 18.0 Å². The number of anilines is 1. The number of aromatic amines is 1. The summed E-state index contributed by atoms with van der Waals surface area (Å²) in [4.78, 5) is 15.7. The van der Waals surface area contributed by atoms with Crippen LogP contribution in [0, 0.1) is 6.92 Å². The summed E-state index contributed by atoms with van der Waals surface area (Å²) in [5.74, 6) is -2.06. The van der Waals surface area contributed by atoms with Gasteiger partial charge < -0.3 is 0 Å². The predicted molar refractivity (Wildman–Crippen MR) is 71.9 cm³/mol. The van der Waals surface area contributed by atoms with Crippen molar-refractivity contribution in [3.63, 3.8) is 0 Å². The minimum Gasteiger partial charge on any atom is -0.292 e. The molecule has 1 aromatic heterocycles. The maximum atomic E-state index is 12.3. The molecule has 112 valence electrons. The van der Waals surface area contributed by atoms with E-state index in [0.29, 0.717) is 0 Å². The highest BCUT2D eigenvalue weighted by atomic mass is 32.2. The van der Waals surface area contributed by atoms with Crippen LogP contribution in [-0.2, 0) is 11.0 Å². The fraction of sp³-hybridized carbons (Fsp3) is 0.250. The molecular formula is C12H11F3N4OS. The average molecular weight is 316 g/mol. The van der Waals surface area contributed by atoms with Crippen LogP contribution in [-0.4, -0.2) is 26.8 Å². The van der Waals surface area contributed by atoms with Gasteiger partial charge in [0.15, 0.2) is 0 Å². The molecular weight excluding hydrogens is 305 g/mol. The van der Waals surface area contributed by atoms with E-state index in [1.807, 2.05) is 31.2 Å². The first-order valence-electron chi connectivity index (χ1n) is 5.83. The fourth-order valence-corrected chi connectivity index (χ4v) is 2.09. The van der Waals surface area contributed by atoms with Crippen molar-refractivity contribution in [1.29, 1.82) is 0 Å². The maximum Gasteiger partial charge on any atom is 0.451 e. The van der Waals surface area contributed by atoms with Gasteiger partial charge >= 0.3 is 6.18 Å². The highest BCUT2D eigenvalue weighted by Crippen LogP contribution is 2.26. The third kappa shape index (κ3) is 4.48. The van der Waals surface area contributed by atoms with Crippen LogP contribution in [0.4, 0.5) is 19.1 Å². The first-order chi connectivity index (χ1) is 9.84. The summed E-state index contributed by atoms with van der Waals surface area (Å²) in [6, 6.07) is 7.54. The number of nitrogens with one attached hydrogen (secondary N) is 2. The number of amides is 1. The Morgan fingerprint density at radius 3 is 2.57 bits per heavy atom. The first-order valence-corrected chi connectivity index (χ1v) is 6.82. The number of hydrogen-bond donors (Lipinski definition) is 2. The Kier molecular flexibility index (Phi) is 4.51. The lowest BCUT2D eigenvalue weighted by molar-refractivity contribution is -0.144. The van der Waals surface area contributed by atoms with E-state index in [0.717, 1.165) is 10.5 Å². The van der Waals surface area contributed by atoms with Gasteiger partial charge in [-0.3, -0.25) is 15.2 Å². The van der Waals surface area contributed by atoms with Gasteiger partial charge in [-0.05, 0) is 19.1 Å². The highest BCUT2D eigenvalue weighted by molar-refractivity contribution is 8.00. The second kappa shape index (κ2) is 6.17. The monoisotopic (exact) mass is 316 g/mol. The number of H-pyrrole nitrogens is 1.